The Bertz CT molecular complexity index is 457. The molecule has 104 valence electrons. The van der Waals surface area contributed by atoms with Crippen LogP contribution in [0.2, 0.25) is 0 Å². The molecule has 1 amide bonds. The molecular formula is C10H17NO5S2. The van der Waals surface area contributed by atoms with Crippen LogP contribution in [-0.2, 0) is 19.4 Å². The summed E-state index contributed by atoms with van der Waals surface area (Å²) in [5.74, 6) is -0.825. The lowest BCUT2D eigenvalue weighted by Gasteiger charge is -2.37. The number of hydrogen-bond acceptors (Lipinski definition) is 5. The SMILES string of the molecule is CC(C)(C(=O)N1CCSCC1C(=O)O)S(C)(=O)=O. The van der Waals surface area contributed by atoms with Crippen LogP contribution in [-0.4, -0.2) is 65.4 Å². The van der Waals surface area contributed by atoms with E-state index in [0.717, 1.165) is 6.26 Å². The third-order valence-corrected chi connectivity index (χ3v) is 6.17. The highest BCUT2D eigenvalue weighted by molar-refractivity contribution is 7.99. The standard InChI is InChI=1S/C10H17NO5S2/c1-10(2,18(3,15)16)9(14)11-4-5-17-6-7(11)8(12)13/h7H,4-6H2,1-3H3,(H,12,13). The van der Waals surface area contributed by atoms with Crippen LogP contribution >= 0.6 is 11.8 Å². The zero-order chi connectivity index (χ0) is 14.1. The number of carbonyl (C=O) groups is 2. The van der Waals surface area contributed by atoms with Crippen LogP contribution in [0.15, 0.2) is 0 Å². The largest absolute Gasteiger partial charge is 0.480 e. The summed E-state index contributed by atoms with van der Waals surface area (Å²) in [5, 5.41) is 9.07. The van der Waals surface area contributed by atoms with Gasteiger partial charge in [0.1, 0.15) is 10.8 Å². The smallest absolute Gasteiger partial charge is 0.327 e. The molecule has 6 nitrogen and oxygen atoms in total. The zero-order valence-corrected chi connectivity index (χ0v) is 12.2. The Morgan fingerprint density at radius 1 is 1.39 bits per heavy atom. The van der Waals surface area contributed by atoms with Gasteiger partial charge in [-0.2, -0.15) is 11.8 Å². The van der Waals surface area contributed by atoms with Crippen molar-refractivity contribution in [3.63, 3.8) is 0 Å². The van der Waals surface area contributed by atoms with Gasteiger partial charge >= 0.3 is 5.97 Å². The monoisotopic (exact) mass is 295 g/mol. The van der Waals surface area contributed by atoms with Crippen molar-refractivity contribution in [3.8, 4) is 0 Å². The second kappa shape index (κ2) is 5.08. The molecule has 1 rings (SSSR count). The summed E-state index contributed by atoms with van der Waals surface area (Å²) in [7, 11) is -3.59. The number of nitrogens with zero attached hydrogens (tertiary/aromatic N) is 1. The first kappa shape index (κ1) is 15.3. The van der Waals surface area contributed by atoms with E-state index in [1.807, 2.05) is 0 Å². The van der Waals surface area contributed by atoms with Gasteiger partial charge in [-0.3, -0.25) is 4.79 Å². The quantitative estimate of drug-likeness (QED) is 0.778. The molecule has 1 aliphatic rings. The van der Waals surface area contributed by atoms with E-state index in [2.05, 4.69) is 0 Å². The average molecular weight is 295 g/mol. The molecule has 0 aliphatic carbocycles. The number of sulfone groups is 1. The zero-order valence-electron chi connectivity index (χ0n) is 10.5. The molecule has 1 unspecified atom stereocenters. The van der Waals surface area contributed by atoms with Crippen molar-refractivity contribution in [2.24, 2.45) is 0 Å². The van der Waals surface area contributed by atoms with Crippen LogP contribution in [0.25, 0.3) is 0 Å². The molecule has 1 atom stereocenters. The molecule has 1 fully saturated rings. The summed E-state index contributed by atoms with van der Waals surface area (Å²) in [4.78, 5) is 24.5. The van der Waals surface area contributed by atoms with Gasteiger partial charge in [-0.05, 0) is 13.8 Å². The molecule has 0 bridgehead atoms. The van der Waals surface area contributed by atoms with Gasteiger partial charge in [0.05, 0.1) is 0 Å². The van der Waals surface area contributed by atoms with Crippen LogP contribution in [0.1, 0.15) is 13.8 Å². The normalized spacial score (nSPS) is 21.7. The second-order valence-corrected chi connectivity index (χ2v) is 8.42. The average Bonchev–Trinajstić information content (AvgIpc) is 2.26. The predicted molar refractivity (Wildman–Crippen MR) is 69.4 cm³/mol. The summed E-state index contributed by atoms with van der Waals surface area (Å²) >= 11 is 1.45. The second-order valence-electron chi connectivity index (χ2n) is 4.71. The van der Waals surface area contributed by atoms with Gasteiger partial charge in [-0.25, -0.2) is 13.2 Å². The van der Waals surface area contributed by atoms with Gasteiger partial charge < -0.3 is 10.0 Å². The van der Waals surface area contributed by atoms with Gasteiger partial charge in [0, 0.05) is 24.3 Å². The Kier molecular flexibility index (Phi) is 4.32. The molecule has 1 N–H and O–H groups in total. The minimum atomic E-state index is -3.59. The number of amides is 1. The lowest BCUT2D eigenvalue weighted by molar-refractivity contribution is -0.150. The fraction of sp³-hybridized carbons (Fsp3) is 0.800. The van der Waals surface area contributed by atoms with E-state index >= 15 is 0 Å². The van der Waals surface area contributed by atoms with E-state index < -0.39 is 32.5 Å². The van der Waals surface area contributed by atoms with E-state index in [1.165, 1.54) is 30.5 Å². The van der Waals surface area contributed by atoms with E-state index in [-0.39, 0.29) is 6.54 Å². The first-order valence-corrected chi connectivity index (χ1v) is 8.45. The van der Waals surface area contributed by atoms with Gasteiger partial charge in [0.2, 0.25) is 5.91 Å². The highest BCUT2D eigenvalue weighted by atomic mass is 32.2. The van der Waals surface area contributed by atoms with Crippen molar-refractivity contribution in [1.29, 1.82) is 0 Å². The fourth-order valence-electron chi connectivity index (χ4n) is 1.56. The minimum Gasteiger partial charge on any atom is -0.480 e. The number of aliphatic carboxylic acids is 1. The van der Waals surface area contributed by atoms with Crippen LogP contribution < -0.4 is 0 Å². The predicted octanol–water partition coefficient (Wildman–Crippen LogP) is -0.162. The topological polar surface area (TPSA) is 91.8 Å². The van der Waals surface area contributed by atoms with Gasteiger partial charge in [0.25, 0.3) is 0 Å². The maximum absolute atomic E-state index is 12.3. The van der Waals surface area contributed by atoms with E-state index in [1.54, 1.807) is 0 Å². The highest BCUT2D eigenvalue weighted by Crippen LogP contribution is 2.24. The third kappa shape index (κ3) is 2.80. The maximum atomic E-state index is 12.3. The number of thioether (sulfide) groups is 1. The molecule has 0 aromatic rings. The van der Waals surface area contributed by atoms with Gasteiger partial charge in [-0.15, -0.1) is 0 Å². The Morgan fingerprint density at radius 3 is 2.39 bits per heavy atom. The lowest BCUT2D eigenvalue weighted by Crippen LogP contribution is -2.58. The Hall–Kier alpha value is -0.760. The van der Waals surface area contributed by atoms with Crippen molar-refractivity contribution in [1.82, 2.24) is 4.90 Å². The summed E-state index contributed by atoms with van der Waals surface area (Å²) in [6, 6.07) is -0.947. The maximum Gasteiger partial charge on any atom is 0.327 e. The molecule has 8 heteroatoms. The highest BCUT2D eigenvalue weighted by Gasteiger charge is 2.45. The van der Waals surface area contributed by atoms with Crippen molar-refractivity contribution < 1.29 is 23.1 Å². The van der Waals surface area contributed by atoms with Crippen molar-refractivity contribution in [2.75, 3.05) is 24.3 Å². The Labute approximate surface area is 111 Å². The van der Waals surface area contributed by atoms with Crippen LogP contribution in [0.4, 0.5) is 0 Å². The van der Waals surface area contributed by atoms with Crippen LogP contribution in [0.5, 0.6) is 0 Å². The van der Waals surface area contributed by atoms with Crippen molar-refractivity contribution >= 4 is 33.5 Å². The summed E-state index contributed by atoms with van der Waals surface area (Å²) in [6.45, 7) is 2.88. The lowest BCUT2D eigenvalue weighted by atomic mass is 10.1. The molecule has 0 saturated carbocycles. The molecule has 1 saturated heterocycles. The molecular weight excluding hydrogens is 278 g/mol. The first-order chi connectivity index (χ1) is 8.09. The summed E-state index contributed by atoms with van der Waals surface area (Å²) < 4.78 is 21.6. The summed E-state index contributed by atoms with van der Waals surface area (Å²) in [5.41, 5.74) is 0. The number of carboxylic acids is 1. The van der Waals surface area contributed by atoms with Crippen molar-refractivity contribution in [3.05, 3.63) is 0 Å². The molecule has 0 spiro atoms. The fourth-order valence-corrected chi connectivity index (χ4v) is 3.03. The van der Waals surface area contributed by atoms with Crippen LogP contribution in [0.3, 0.4) is 0 Å². The number of hydrogen-bond donors (Lipinski definition) is 1. The molecule has 1 aliphatic heterocycles. The molecule has 0 radical (unpaired) electrons. The van der Waals surface area contributed by atoms with E-state index in [0.29, 0.717) is 11.5 Å². The van der Waals surface area contributed by atoms with E-state index in [4.69, 9.17) is 5.11 Å². The third-order valence-electron chi connectivity index (χ3n) is 3.12. The molecule has 0 aromatic heterocycles. The van der Waals surface area contributed by atoms with Gasteiger partial charge in [-0.1, -0.05) is 0 Å². The Balaban J connectivity index is 3.05. The number of carboxylic acid groups (broad SMARTS) is 1. The first-order valence-electron chi connectivity index (χ1n) is 5.40. The number of carbonyl (C=O) groups excluding carboxylic acids is 1. The van der Waals surface area contributed by atoms with Crippen molar-refractivity contribution in [2.45, 2.75) is 24.6 Å². The molecule has 1 heterocycles. The molecule has 0 aromatic carbocycles. The number of rotatable bonds is 3. The van der Waals surface area contributed by atoms with Gasteiger partial charge in [0.15, 0.2) is 9.84 Å². The Morgan fingerprint density at radius 2 is 1.94 bits per heavy atom. The van der Waals surface area contributed by atoms with E-state index in [9.17, 15) is 18.0 Å². The minimum absolute atomic E-state index is 0.263. The summed E-state index contributed by atoms with van der Waals surface area (Å²) in [6.07, 6.45) is 0.985. The van der Waals surface area contributed by atoms with Crippen LogP contribution in [0, 0.1) is 0 Å². The molecule has 18 heavy (non-hydrogen) atoms.